The van der Waals surface area contributed by atoms with Crippen molar-refractivity contribution in [2.24, 2.45) is 35.5 Å². The van der Waals surface area contributed by atoms with Gasteiger partial charge in [0.2, 0.25) is 0 Å². The summed E-state index contributed by atoms with van der Waals surface area (Å²) >= 11 is 0. The van der Waals surface area contributed by atoms with Crippen LogP contribution in [-0.4, -0.2) is 5.78 Å². The minimum Gasteiger partial charge on any atom is -0.299 e. The van der Waals surface area contributed by atoms with Crippen LogP contribution in [0.15, 0.2) is 24.3 Å². The van der Waals surface area contributed by atoms with Crippen molar-refractivity contribution >= 4 is 5.78 Å². The Labute approximate surface area is 90.2 Å². The molecule has 4 aliphatic carbocycles. The van der Waals surface area contributed by atoms with Crippen LogP contribution in [0, 0.1) is 35.5 Å². The molecule has 2 fully saturated rings. The summed E-state index contributed by atoms with van der Waals surface area (Å²) in [5, 5.41) is 0. The number of rotatable bonds is 0. The third-order valence-electron chi connectivity index (χ3n) is 5.19. The fraction of sp³-hybridized carbons (Fsp3) is 0.643. The highest BCUT2D eigenvalue weighted by Crippen LogP contribution is 2.60. The van der Waals surface area contributed by atoms with E-state index >= 15 is 0 Å². The Morgan fingerprint density at radius 3 is 2.80 bits per heavy atom. The van der Waals surface area contributed by atoms with Crippen molar-refractivity contribution in [1.29, 1.82) is 0 Å². The first-order chi connectivity index (χ1) is 7.36. The van der Waals surface area contributed by atoms with Gasteiger partial charge >= 0.3 is 0 Å². The van der Waals surface area contributed by atoms with E-state index in [1.165, 1.54) is 6.42 Å². The Balaban J connectivity index is 1.78. The Hall–Kier alpha value is -0.850. The number of Topliss-reactive ketones (excluding diaryl/α,β-unsaturated/α-hetero) is 1. The zero-order valence-corrected chi connectivity index (χ0v) is 8.80. The van der Waals surface area contributed by atoms with Gasteiger partial charge in [-0.25, -0.2) is 0 Å². The molecule has 0 radical (unpaired) electrons. The van der Waals surface area contributed by atoms with Gasteiger partial charge in [-0.3, -0.25) is 4.79 Å². The van der Waals surface area contributed by atoms with E-state index in [2.05, 4.69) is 24.3 Å². The molecule has 0 amide bonds. The third kappa shape index (κ3) is 0.878. The molecule has 2 saturated carbocycles. The number of hydrogen-bond donors (Lipinski definition) is 0. The lowest BCUT2D eigenvalue weighted by Gasteiger charge is -2.27. The average molecular weight is 200 g/mol. The van der Waals surface area contributed by atoms with Crippen LogP contribution < -0.4 is 0 Å². The Bertz CT molecular complexity index is 379. The zero-order chi connectivity index (χ0) is 9.99. The minimum atomic E-state index is 0.384. The lowest BCUT2D eigenvalue weighted by Crippen LogP contribution is -2.22. The van der Waals surface area contributed by atoms with E-state index < -0.39 is 0 Å². The van der Waals surface area contributed by atoms with Crippen LogP contribution in [0.5, 0.6) is 0 Å². The predicted octanol–water partition coefficient (Wildman–Crippen LogP) is 2.59. The molecule has 0 heterocycles. The summed E-state index contributed by atoms with van der Waals surface area (Å²) < 4.78 is 0. The maximum atomic E-state index is 12.3. The van der Waals surface area contributed by atoms with Crippen LogP contribution in [0.25, 0.3) is 0 Å². The van der Waals surface area contributed by atoms with Crippen molar-refractivity contribution in [1.82, 2.24) is 0 Å². The summed E-state index contributed by atoms with van der Waals surface area (Å²) in [6, 6.07) is 0. The molecule has 2 bridgehead atoms. The Kier molecular flexibility index (Phi) is 1.46. The summed E-state index contributed by atoms with van der Waals surface area (Å²) in [6.07, 6.45) is 12.7. The summed E-state index contributed by atoms with van der Waals surface area (Å²) in [7, 11) is 0. The molecule has 0 aromatic heterocycles. The SMILES string of the molecule is O=C1C2CC=CCC2C2[C@H]3C=C[C@H](C3)[C@@H]12. The molecule has 3 unspecified atom stereocenters. The van der Waals surface area contributed by atoms with Crippen LogP contribution in [0.4, 0.5) is 0 Å². The molecule has 15 heavy (non-hydrogen) atoms. The average Bonchev–Trinajstić information content (AvgIpc) is 2.92. The van der Waals surface area contributed by atoms with Crippen molar-refractivity contribution in [2.45, 2.75) is 19.3 Å². The number of hydrogen-bond acceptors (Lipinski definition) is 1. The highest BCUT2D eigenvalue weighted by molar-refractivity contribution is 5.88. The molecule has 0 spiro atoms. The largest absolute Gasteiger partial charge is 0.299 e. The standard InChI is InChI=1S/C14H16O/c15-14-11-4-2-1-3-10(11)12-8-5-6-9(7-8)13(12)14/h1-2,5-6,8-13H,3-4,7H2/t8-,9+,10?,11?,12?,13+/m0/s1. The molecular formula is C14H16O. The Morgan fingerprint density at radius 1 is 1.07 bits per heavy atom. The first kappa shape index (κ1) is 8.32. The van der Waals surface area contributed by atoms with Crippen molar-refractivity contribution in [3.05, 3.63) is 24.3 Å². The van der Waals surface area contributed by atoms with Gasteiger partial charge in [0.25, 0.3) is 0 Å². The van der Waals surface area contributed by atoms with Gasteiger partial charge in [0.15, 0.2) is 0 Å². The minimum absolute atomic E-state index is 0.384. The van der Waals surface area contributed by atoms with E-state index in [1.807, 2.05) is 0 Å². The molecule has 4 rings (SSSR count). The normalized spacial score (nSPS) is 54.8. The van der Waals surface area contributed by atoms with Crippen LogP contribution in [0.1, 0.15) is 19.3 Å². The molecule has 78 valence electrons. The fourth-order valence-corrected chi connectivity index (χ4v) is 4.68. The number of carbonyl (C=O) groups excluding carboxylic acids is 1. The van der Waals surface area contributed by atoms with Crippen molar-refractivity contribution < 1.29 is 4.79 Å². The van der Waals surface area contributed by atoms with Crippen molar-refractivity contribution in [3.8, 4) is 0 Å². The van der Waals surface area contributed by atoms with Gasteiger partial charge in [-0.1, -0.05) is 24.3 Å². The van der Waals surface area contributed by atoms with Gasteiger partial charge < -0.3 is 0 Å². The molecule has 0 aliphatic heterocycles. The van der Waals surface area contributed by atoms with Gasteiger partial charge in [0.1, 0.15) is 5.78 Å². The molecule has 1 nitrogen and oxygen atoms in total. The lowest BCUT2D eigenvalue weighted by molar-refractivity contribution is -0.125. The van der Waals surface area contributed by atoms with Crippen LogP contribution >= 0.6 is 0 Å². The molecule has 4 aliphatic rings. The third-order valence-corrected chi connectivity index (χ3v) is 5.19. The first-order valence-electron chi connectivity index (χ1n) is 6.23. The van der Waals surface area contributed by atoms with E-state index in [0.29, 0.717) is 35.4 Å². The first-order valence-corrected chi connectivity index (χ1v) is 6.23. The van der Waals surface area contributed by atoms with E-state index in [-0.39, 0.29) is 0 Å². The number of allylic oxidation sites excluding steroid dienone is 4. The Morgan fingerprint density at radius 2 is 1.87 bits per heavy atom. The van der Waals surface area contributed by atoms with E-state index in [1.54, 1.807) is 0 Å². The van der Waals surface area contributed by atoms with Gasteiger partial charge in [0.05, 0.1) is 0 Å². The summed E-state index contributed by atoms with van der Waals surface area (Å²) in [5.74, 6) is 4.15. The fourth-order valence-electron chi connectivity index (χ4n) is 4.68. The number of fused-ring (bicyclic) bond motifs is 7. The quantitative estimate of drug-likeness (QED) is 0.549. The zero-order valence-electron chi connectivity index (χ0n) is 8.80. The van der Waals surface area contributed by atoms with Crippen LogP contribution in [0.2, 0.25) is 0 Å². The second kappa shape index (κ2) is 2.63. The van der Waals surface area contributed by atoms with E-state index in [9.17, 15) is 4.79 Å². The molecule has 6 atom stereocenters. The number of carbonyl (C=O) groups is 1. The van der Waals surface area contributed by atoms with Crippen LogP contribution in [-0.2, 0) is 4.79 Å². The van der Waals surface area contributed by atoms with Crippen molar-refractivity contribution in [2.75, 3.05) is 0 Å². The van der Waals surface area contributed by atoms with Gasteiger partial charge in [0, 0.05) is 11.8 Å². The summed E-state index contributed by atoms with van der Waals surface area (Å²) in [4.78, 5) is 12.3. The summed E-state index contributed by atoms with van der Waals surface area (Å²) in [5.41, 5.74) is 0. The van der Waals surface area contributed by atoms with E-state index in [0.717, 1.165) is 18.8 Å². The molecule has 0 saturated heterocycles. The molecular weight excluding hydrogens is 184 g/mol. The lowest BCUT2D eigenvalue weighted by atomic mass is 9.76. The highest BCUT2D eigenvalue weighted by Gasteiger charge is 2.59. The number of ketones is 1. The van der Waals surface area contributed by atoms with Crippen molar-refractivity contribution in [3.63, 3.8) is 0 Å². The van der Waals surface area contributed by atoms with Gasteiger partial charge in [-0.2, -0.15) is 0 Å². The summed E-state index contributed by atoms with van der Waals surface area (Å²) in [6.45, 7) is 0. The smallest absolute Gasteiger partial charge is 0.140 e. The molecule has 0 aromatic rings. The highest BCUT2D eigenvalue weighted by atomic mass is 16.1. The van der Waals surface area contributed by atoms with Gasteiger partial charge in [-0.05, 0) is 42.9 Å². The molecule has 0 N–H and O–H groups in total. The monoisotopic (exact) mass is 200 g/mol. The molecule has 1 heteroatoms. The topological polar surface area (TPSA) is 17.1 Å². The molecule has 0 aromatic carbocycles. The predicted molar refractivity (Wildman–Crippen MR) is 58.1 cm³/mol. The second-order valence-electron chi connectivity index (χ2n) is 5.67. The maximum Gasteiger partial charge on any atom is 0.140 e. The second-order valence-corrected chi connectivity index (χ2v) is 5.67. The van der Waals surface area contributed by atoms with E-state index in [4.69, 9.17) is 0 Å². The van der Waals surface area contributed by atoms with Gasteiger partial charge in [-0.15, -0.1) is 0 Å². The van der Waals surface area contributed by atoms with Crippen LogP contribution in [0.3, 0.4) is 0 Å². The maximum absolute atomic E-state index is 12.3.